The monoisotopic (exact) mass is 273 g/mol. The topological polar surface area (TPSA) is 46.6 Å². The Kier molecular flexibility index (Phi) is 4.08. The zero-order valence-electron chi connectivity index (χ0n) is 9.49. The Morgan fingerprint density at radius 2 is 2.00 bits per heavy atom. The Labute approximate surface area is 98.2 Å². The number of allylic oxidation sites excluding steroid dienone is 1. The summed E-state index contributed by atoms with van der Waals surface area (Å²) in [6.07, 6.45) is 2.65. The van der Waals surface area contributed by atoms with Crippen molar-refractivity contribution in [2.24, 2.45) is 0 Å². The number of halogens is 3. The molecule has 0 spiro atoms. The number of hydrogen-bond donors (Lipinski definition) is 0. The van der Waals surface area contributed by atoms with Crippen LogP contribution in [0.5, 0.6) is 0 Å². The molecular formula is C9H14F3NO3S. The van der Waals surface area contributed by atoms with Crippen LogP contribution in [0.4, 0.5) is 13.2 Å². The summed E-state index contributed by atoms with van der Waals surface area (Å²) in [6.45, 7) is 0. The predicted molar refractivity (Wildman–Crippen MR) is 55.5 cm³/mol. The average Bonchev–Trinajstić information content (AvgIpc) is 2.16. The van der Waals surface area contributed by atoms with E-state index in [2.05, 4.69) is 4.18 Å². The zero-order chi connectivity index (χ0) is 13.3. The van der Waals surface area contributed by atoms with E-state index in [0.29, 0.717) is 12.8 Å². The van der Waals surface area contributed by atoms with E-state index in [9.17, 15) is 21.6 Å². The van der Waals surface area contributed by atoms with Crippen LogP contribution in [0.15, 0.2) is 11.8 Å². The lowest BCUT2D eigenvalue weighted by Crippen LogP contribution is -2.31. The standard InChI is InChI=1S/C9H14F3NO3S/c1-13(2)7-3-5-8(6-4-7)16-17(14,15)9(10,11)12/h5,7H,3-4,6H2,1-2H3. The van der Waals surface area contributed by atoms with Gasteiger partial charge in [-0.15, -0.1) is 0 Å². The fourth-order valence-electron chi connectivity index (χ4n) is 1.53. The molecule has 0 aliphatic heterocycles. The summed E-state index contributed by atoms with van der Waals surface area (Å²) >= 11 is 0. The highest BCUT2D eigenvalue weighted by Gasteiger charge is 2.48. The molecule has 0 aromatic rings. The molecule has 8 heteroatoms. The van der Waals surface area contributed by atoms with Crippen LogP contribution in [0.25, 0.3) is 0 Å². The Morgan fingerprint density at radius 1 is 1.41 bits per heavy atom. The minimum atomic E-state index is -5.52. The molecule has 100 valence electrons. The van der Waals surface area contributed by atoms with Gasteiger partial charge in [-0.25, -0.2) is 0 Å². The van der Waals surface area contributed by atoms with Crippen molar-refractivity contribution in [1.82, 2.24) is 4.90 Å². The Morgan fingerprint density at radius 3 is 2.35 bits per heavy atom. The van der Waals surface area contributed by atoms with E-state index in [1.165, 1.54) is 6.08 Å². The summed E-state index contributed by atoms with van der Waals surface area (Å²) in [4.78, 5) is 1.94. The van der Waals surface area contributed by atoms with Crippen molar-refractivity contribution < 1.29 is 25.8 Å². The van der Waals surface area contributed by atoms with E-state index in [0.717, 1.165) is 0 Å². The maximum Gasteiger partial charge on any atom is 0.534 e. The average molecular weight is 273 g/mol. The lowest BCUT2D eigenvalue weighted by molar-refractivity contribution is -0.0524. The fourth-order valence-corrected chi connectivity index (χ4v) is 2.06. The summed E-state index contributed by atoms with van der Waals surface area (Å²) in [5.41, 5.74) is -5.37. The van der Waals surface area contributed by atoms with Crippen molar-refractivity contribution in [2.75, 3.05) is 14.1 Å². The van der Waals surface area contributed by atoms with Gasteiger partial charge in [-0.1, -0.05) is 0 Å². The first-order valence-electron chi connectivity index (χ1n) is 4.99. The molecule has 0 aromatic carbocycles. The van der Waals surface area contributed by atoms with Crippen LogP contribution in [-0.2, 0) is 14.3 Å². The minimum absolute atomic E-state index is 0.125. The molecule has 17 heavy (non-hydrogen) atoms. The van der Waals surface area contributed by atoms with Crippen LogP contribution < -0.4 is 0 Å². The second kappa shape index (κ2) is 4.85. The van der Waals surface area contributed by atoms with Gasteiger partial charge < -0.3 is 9.08 Å². The van der Waals surface area contributed by atoms with Gasteiger partial charge in [0.25, 0.3) is 0 Å². The molecule has 0 N–H and O–H groups in total. The van der Waals surface area contributed by atoms with Gasteiger partial charge in [0.15, 0.2) is 0 Å². The molecule has 1 aliphatic carbocycles. The molecule has 0 amide bonds. The second-order valence-electron chi connectivity index (χ2n) is 4.05. The summed E-state index contributed by atoms with van der Waals surface area (Å²) in [5.74, 6) is -0.125. The highest BCUT2D eigenvalue weighted by Crippen LogP contribution is 2.30. The van der Waals surface area contributed by atoms with Gasteiger partial charge in [0.1, 0.15) is 5.76 Å². The van der Waals surface area contributed by atoms with Crippen molar-refractivity contribution in [3.8, 4) is 0 Å². The van der Waals surface area contributed by atoms with E-state index in [4.69, 9.17) is 0 Å². The summed E-state index contributed by atoms with van der Waals surface area (Å²) in [5, 5.41) is 0. The molecule has 0 aromatic heterocycles. The lowest BCUT2D eigenvalue weighted by Gasteiger charge is -2.27. The van der Waals surface area contributed by atoms with Crippen molar-refractivity contribution in [3.63, 3.8) is 0 Å². The largest absolute Gasteiger partial charge is 0.534 e. The third-order valence-corrected chi connectivity index (χ3v) is 3.57. The van der Waals surface area contributed by atoms with Crippen LogP contribution in [0.1, 0.15) is 19.3 Å². The molecule has 0 heterocycles. The van der Waals surface area contributed by atoms with Crippen molar-refractivity contribution in [1.29, 1.82) is 0 Å². The van der Waals surface area contributed by atoms with Crippen molar-refractivity contribution in [2.45, 2.75) is 30.8 Å². The minimum Gasteiger partial charge on any atom is -0.381 e. The maximum atomic E-state index is 12.0. The molecule has 1 aliphatic rings. The van der Waals surface area contributed by atoms with Gasteiger partial charge in [0, 0.05) is 12.5 Å². The molecule has 0 radical (unpaired) electrons. The molecule has 4 nitrogen and oxygen atoms in total. The quantitative estimate of drug-likeness (QED) is 0.581. The van der Waals surface area contributed by atoms with Gasteiger partial charge in [-0.3, -0.25) is 0 Å². The third kappa shape index (κ3) is 3.60. The number of alkyl halides is 3. The summed E-state index contributed by atoms with van der Waals surface area (Å²) in [6, 6.07) is 0.205. The first-order chi connectivity index (χ1) is 7.63. The normalized spacial score (nSPS) is 22.5. The number of hydrogen-bond acceptors (Lipinski definition) is 4. The van der Waals surface area contributed by atoms with Crippen LogP contribution in [0.3, 0.4) is 0 Å². The Balaban J connectivity index is 2.68. The first-order valence-corrected chi connectivity index (χ1v) is 6.40. The molecule has 0 bridgehead atoms. The highest BCUT2D eigenvalue weighted by molar-refractivity contribution is 7.87. The van der Waals surface area contributed by atoms with Crippen LogP contribution in [0.2, 0.25) is 0 Å². The summed E-state index contributed by atoms with van der Waals surface area (Å²) in [7, 11) is -1.80. The van der Waals surface area contributed by atoms with Crippen LogP contribution in [0, 0.1) is 0 Å². The van der Waals surface area contributed by atoms with Crippen LogP contribution >= 0.6 is 0 Å². The maximum absolute atomic E-state index is 12.0. The van der Waals surface area contributed by atoms with Gasteiger partial charge in [-0.05, 0) is 33.0 Å². The molecular weight excluding hydrogens is 259 g/mol. The Bertz CT molecular complexity index is 400. The number of rotatable bonds is 3. The molecule has 1 rings (SSSR count). The van der Waals surface area contributed by atoms with Crippen molar-refractivity contribution in [3.05, 3.63) is 11.8 Å². The fraction of sp³-hybridized carbons (Fsp3) is 0.778. The second-order valence-corrected chi connectivity index (χ2v) is 5.58. The van der Waals surface area contributed by atoms with Gasteiger partial charge in [0.2, 0.25) is 0 Å². The smallest absolute Gasteiger partial charge is 0.381 e. The lowest BCUT2D eigenvalue weighted by atomic mass is 10.00. The van der Waals surface area contributed by atoms with Crippen molar-refractivity contribution >= 4 is 10.1 Å². The van der Waals surface area contributed by atoms with Gasteiger partial charge >= 0.3 is 15.6 Å². The SMILES string of the molecule is CN(C)C1CC=C(OS(=O)(=O)C(F)(F)F)CC1. The van der Waals surface area contributed by atoms with E-state index >= 15 is 0 Å². The molecule has 0 saturated carbocycles. The first kappa shape index (κ1) is 14.3. The van der Waals surface area contributed by atoms with E-state index < -0.39 is 15.6 Å². The third-order valence-electron chi connectivity index (χ3n) is 2.57. The van der Waals surface area contributed by atoms with E-state index in [-0.39, 0.29) is 18.2 Å². The molecule has 1 atom stereocenters. The highest BCUT2D eigenvalue weighted by atomic mass is 32.2. The van der Waals surface area contributed by atoms with Gasteiger partial charge in [0.05, 0.1) is 0 Å². The zero-order valence-corrected chi connectivity index (χ0v) is 10.3. The van der Waals surface area contributed by atoms with E-state index in [1.54, 1.807) is 0 Å². The molecule has 1 unspecified atom stereocenters. The predicted octanol–water partition coefficient (Wildman–Crippen LogP) is 1.85. The van der Waals surface area contributed by atoms with Gasteiger partial charge in [-0.2, -0.15) is 21.6 Å². The van der Waals surface area contributed by atoms with Crippen LogP contribution in [-0.4, -0.2) is 39.0 Å². The molecule has 0 fully saturated rings. The molecule has 0 saturated heterocycles. The Hall–Kier alpha value is -0.760. The van der Waals surface area contributed by atoms with E-state index in [1.807, 2.05) is 19.0 Å². The number of nitrogens with zero attached hydrogens (tertiary/aromatic N) is 1. The summed E-state index contributed by atoms with van der Waals surface area (Å²) < 4.78 is 61.7.